The van der Waals surface area contributed by atoms with Gasteiger partial charge in [-0.25, -0.2) is 4.79 Å². The van der Waals surface area contributed by atoms with Crippen LogP contribution >= 0.6 is 0 Å². The Morgan fingerprint density at radius 2 is 2.31 bits per heavy atom. The van der Waals surface area contributed by atoms with Gasteiger partial charge in [0.05, 0.1) is 17.8 Å². The lowest BCUT2D eigenvalue weighted by atomic mass is 10.3. The highest BCUT2D eigenvalue weighted by Crippen LogP contribution is 2.21. The third-order valence-corrected chi connectivity index (χ3v) is 2.83. The molecule has 1 aromatic heterocycles. The molecule has 0 radical (unpaired) electrons. The molecule has 1 aliphatic rings. The number of likely N-dealkylation sites (tertiary alicyclic amines) is 1. The maximum Gasteiger partial charge on any atom is 0.338 e. The topological polar surface area (TPSA) is 75.4 Å². The number of carbonyl (C=O) groups excluding carboxylic acids is 1. The number of carbonyl (C=O) groups is 2. The Balaban J connectivity index is 2.08. The minimum absolute atomic E-state index is 0.0492. The monoisotopic (exact) mass is 223 g/mol. The molecule has 0 aromatic carbocycles. The zero-order valence-electron chi connectivity index (χ0n) is 8.96. The molecule has 1 amide bonds. The Bertz CT molecular complexity index is 427. The number of rotatable bonds is 2. The number of hydrogen-bond donors (Lipinski definition) is 1. The molecule has 2 rings (SSSR count). The Kier molecular flexibility index (Phi) is 2.64. The van der Waals surface area contributed by atoms with Gasteiger partial charge in [0.25, 0.3) is 0 Å². The van der Waals surface area contributed by atoms with E-state index in [0.717, 1.165) is 6.42 Å². The highest BCUT2D eigenvalue weighted by Gasteiger charge is 2.26. The summed E-state index contributed by atoms with van der Waals surface area (Å²) in [7, 11) is 0. The number of amides is 1. The molecule has 1 fully saturated rings. The molecule has 16 heavy (non-hydrogen) atoms. The van der Waals surface area contributed by atoms with Crippen LogP contribution < -0.4 is 0 Å². The molecular weight excluding hydrogens is 210 g/mol. The van der Waals surface area contributed by atoms with E-state index >= 15 is 0 Å². The van der Waals surface area contributed by atoms with Crippen LogP contribution in [-0.2, 0) is 4.79 Å². The summed E-state index contributed by atoms with van der Waals surface area (Å²) in [5.74, 6) is -0.930. The molecule has 0 spiro atoms. The van der Waals surface area contributed by atoms with Gasteiger partial charge in [-0.1, -0.05) is 0 Å². The molecule has 1 saturated heterocycles. The number of hydrogen-bond acceptors (Lipinski definition) is 3. The van der Waals surface area contributed by atoms with E-state index < -0.39 is 5.97 Å². The number of carboxylic acid groups (broad SMARTS) is 1. The van der Waals surface area contributed by atoms with Crippen LogP contribution in [0.2, 0.25) is 0 Å². The molecule has 1 atom stereocenters. The summed E-state index contributed by atoms with van der Waals surface area (Å²) in [4.78, 5) is 23.6. The lowest BCUT2D eigenvalue weighted by Crippen LogP contribution is -2.26. The molecule has 2 heterocycles. The van der Waals surface area contributed by atoms with E-state index in [9.17, 15) is 9.59 Å². The fraction of sp³-hybridized carbons (Fsp3) is 0.500. The first kappa shape index (κ1) is 10.7. The van der Waals surface area contributed by atoms with Crippen LogP contribution in [0.3, 0.4) is 0 Å². The van der Waals surface area contributed by atoms with E-state index in [0.29, 0.717) is 13.1 Å². The summed E-state index contributed by atoms with van der Waals surface area (Å²) >= 11 is 0. The van der Waals surface area contributed by atoms with Crippen molar-refractivity contribution >= 4 is 11.9 Å². The first-order chi connectivity index (χ1) is 7.58. The van der Waals surface area contributed by atoms with E-state index in [4.69, 9.17) is 5.11 Å². The summed E-state index contributed by atoms with van der Waals surface area (Å²) in [5.41, 5.74) is 0.182. The smallest absolute Gasteiger partial charge is 0.338 e. The van der Waals surface area contributed by atoms with Gasteiger partial charge in [0.15, 0.2) is 0 Å². The average molecular weight is 223 g/mol. The van der Waals surface area contributed by atoms with Crippen molar-refractivity contribution < 1.29 is 14.7 Å². The van der Waals surface area contributed by atoms with Gasteiger partial charge in [-0.3, -0.25) is 9.48 Å². The van der Waals surface area contributed by atoms with Crippen LogP contribution in [0.4, 0.5) is 0 Å². The molecule has 86 valence electrons. The molecule has 1 N–H and O–H groups in total. The van der Waals surface area contributed by atoms with Crippen molar-refractivity contribution in [1.29, 1.82) is 0 Å². The molecule has 1 aromatic rings. The molecule has 1 unspecified atom stereocenters. The zero-order chi connectivity index (χ0) is 11.7. The van der Waals surface area contributed by atoms with Crippen molar-refractivity contribution in [2.24, 2.45) is 0 Å². The summed E-state index contributed by atoms with van der Waals surface area (Å²) in [6, 6.07) is 0.0944. The fourth-order valence-electron chi connectivity index (χ4n) is 1.89. The SMILES string of the molecule is CC(=O)N1CCC(n2cc(C(=O)O)cn2)C1. The Hall–Kier alpha value is -1.85. The number of carboxylic acids is 1. The van der Waals surface area contributed by atoms with Crippen molar-refractivity contribution in [1.82, 2.24) is 14.7 Å². The maximum absolute atomic E-state index is 11.1. The van der Waals surface area contributed by atoms with Crippen LogP contribution in [0.5, 0.6) is 0 Å². The van der Waals surface area contributed by atoms with Gasteiger partial charge in [-0.15, -0.1) is 0 Å². The van der Waals surface area contributed by atoms with Gasteiger partial charge in [0, 0.05) is 26.2 Å². The van der Waals surface area contributed by atoms with E-state index in [1.165, 1.54) is 19.3 Å². The van der Waals surface area contributed by atoms with Gasteiger partial charge < -0.3 is 10.0 Å². The summed E-state index contributed by atoms with van der Waals surface area (Å²) in [6.45, 7) is 2.85. The zero-order valence-corrected chi connectivity index (χ0v) is 8.96. The summed E-state index contributed by atoms with van der Waals surface area (Å²) in [6.07, 6.45) is 3.66. The van der Waals surface area contributed by atoms with Crippen molar-refractivity contribution in [2.45, 2.75) is 19.4 Å². The quantitative estimate of drug-likeness (QED) is 0.786. The number of aromatic nitrogens is 2. The average Bonchev–Trinajstić information content (AvgIpc) is 2.86. The second-order valence-electron chi connectivity index (χ2n) is 3.92. The van der Waals surface area contributed by atoms with Crippen LogP contribution in [0, 0.1) is 0 Å². The van der Waals surface area contributed by atoms with E-state index in [1.54, 1.807) is 9.58 Å². The van der Waals surface area contributed by atoms with Gasteiger partial charge in [-0.2, -0.15) is 5.10 Å². The van der Waals surface area contributed by atoms with Gasteiger partial charge >= 0.3 is 5.97 Å². The maximum atomic E-state index is 11.1. The lowest BCUT2D eigenvalue weighted by Gasteiger charge is -2.13. The Morgan fingerprint density at radius 3 is 2.81 bits per heavy atom. The van der Waals surface area contributed by atoms with E-state index in [-0.39, 0.29) is 17.5 Å². The molecule has 6 nitrogen and oxygen atoms in total. The summed E-state index contributed by atoms with van der Waals surface area (Å²) < 4.78 is 1.63. The van der Waals surface area contributed by atoms with Gasteiger partial charge in [0.2, 0.25) is 5.91 Å². The van der Waals surface area contributed by atoms with Gasteiger partial charge in [0.1, 0.15) is 0 Å². The number of aromatic carboxylic acids is 1. The molecular formula is C10H13N3O3. The van der Waals surface area contributed by atoms with E-state index in [2.05, 4.69) is 5.10 Å². The van der Waals surface area contributed by atoms with Crippen molar-refractivity contribution in [3.05, 3.63) is 18.0 Å². The van der Waals surface area contributed by atoms with Crippen molar-refractivity contribution in [2.75, 3.05) is 13.1 Å². The molecule has 0 saturated carbocycles. The lowest BCUT2D eigenvalue weighted by molar-refractivity contribution is -0.127. The standard InChI is InChI=1S/C10H13N3O3/c1-7(14)12-3-2-9(6-12)13-5-8(4-11-13)10(15)16/h4-5,9H,2-3,6H2,1H3,(H,15,16). The molecule has 6 heteroatoms. The van der Waals surface area contributed by atoms with Crippen molar-refractivity contribution in [3.8, 4) is 0 Å². The fourth-order valence-corrected chi connectivity index (χ4v) is 1.89. The van der Waals surface area contributed by atoms with E-state index in [1.807, 2.05) is 0 Å². The third-order valence-electron chi connectivity index (χ3n) is 2.83. The molecule has 1 aliphatic heterocycles. The minimum atomic E-state index is -0.979. The largest absolute Gasteiger partial charge is 0.478 e. The normalized spacial score (nSPS) is 20.1. The van der Waals surface area contributed by atoms with Gasteiger partial charge in [-0.05, 0) is 6.42 Å². The first-order valence-corrected chi connectivity index (χ1v) is 5.11. The Morgan fingerprint density at radius 1 is 1.56 bits per heavy atom. The highest BCUT2D eigenvalue weighted by molar-refractivity contribution is 5.86. The summed E-state index contributed by atoms with van der Waals surface area (Å²) in [5, 5.41) is 12.8. The first-order valence-electron chi connectivity index (χ1n) is 5.11. The van der Waals surface area contributed by atoms with Crippen molar-refractivity contribution in [3.63, 3.8) is 0 Å². The third kappa shape index (κ3) is 1.91. The second kappa shape index (κ2) is 3.96. The second-order valence-corrected chi connectivity index (χ2v) is 3.92. The van der Waals surface area contributed by atoms with Crippen LogP contribution in [0.1, 0.15) is 29.7 Å². The number of nitrogens with zero attached hydrogens (tertiary/aromatic N) is 3. The van der Waals surface area contributed by atoms with Crippen LogP contribution in [-0.4, -0.2) is 44.8 Å². The predicted octanol–water partition coefficient (Wildman–Crippen LogP) is 0.375. The van der Waals surface area contributed by atoms with Crippen LogP contribution in [0.25, 0.3) is 0 Å². The predicted molar refractivity (Wildman–Crippen MR) is 55.1 cm³/mol. The van der Waals surface area contributed by atoms with Crippen LogP contribution in [0.15, 0.2) is 12.4 Å². The molecule has 0 bridgehead atoms. The minimum Gasteiger partial charge on any atom is -0.478 e. The highest BCUT2D eigenvalue weighted by atomic mass is 16.4. The Labute approximate surface area is 92.5 Å². The molecule has 0 aliphatic carbocycles.